The smallest absolute Gasteiger partial charge is 0.0215 e. The van der Waals surface area contributed by atoms with Crippen molar-refractivity contribution in [1.29, 1.82) is 0 Å². The number of allylic oxidation sites excluding steroid dienone is 2. The summed E-state index contributed by atoms with van der Waals surface area (Å²) in [4.78, 5) is 0. The number of aryl methyl sites for hydroxylation is 4. The first-order valence-electron chi connectivity index (χ1n) is 11.5. The minimum absolute atomic E-state index is 0.130. The lowest BCUT2D eigenvalue weighted by atomic mass is 9.70. The third-order valence-corrected chi connectivity index (χ3v) is 7.06. The summed E-state index contributed by atoms with van der Waals surface area (Å²) in [6.45, 7) is 17.1. The molecular formula is C29H38. The van der Waals surface area contributed by atoms with Gasteiger partial charge in [-0.15, -0.1) is 13.2 Å². The standard InChI is InChI=1S/C29H38/c1-7-11-13-15-29(16-14-12-8-2)27-17-21(5)23(9-3)19-25(27)26-20-24(10-4)22(6)18-28(26)29/h7-8,17-20H,1-2,9-16H2,3-6H3. The van der Waals surface area contributed by atoms with Gasteiger partial charge in [-0.2, -0.15) is 0 Å². The van der Waals surface area contributed by atoms with Crippen LogP contribution in [0.4, 0.5) is 0 Å². The van der Waals surface area contributed by atoms with Crippen LogP contribution in [0.5, 0.6) is 0 Å². The van der Waals surface area contributed by atoms with Crippen molar-refractivity contribution in [2.24, 2.45) is 0 Å². The number of hydrogen-bond donors (Lipinski definition) is 0. The van der Waals surface area contributed by atoms with E-state index in [1.54, 1.807) is 11.1 Å². The summed E-state index contributed by atoms with van der Waals surface area (Å²) in [6, 6.07) is 10.1. The zero-order valence-electron chi connectivity index (χ0n) is 19.0. The molecule has 0 heterocycles. The van der Waals surface area contributed by atoms with Crippen molar-refractivity contribution in [2.45, 2.75) is 84.5 Å². The highest BCUT2D eigenvalue weighted by molar-refractivity contribution is 5.83. The molecule has 0 fully saturated rings. The Balaban J connectivity index is 2.26. The van der Waals surface area contributed by atoms with Crippen LogP contribution < -0.4 is 0 Å². The predicted molar refractivity (Wildman–Crippen MR) is 129 cm³/mol. The second kappa shape index (κ2) is 9.16. The second-order valence-corrected chi connectivity index (χ2v) is 8.80. The Morgan fingerprint density at radius 3 is 1.48 bits per heavy atom. The molecule has 0 amide bonds. The van der Waals surface area contributed by atoms with E-state index in [4.69, 9.17) is 0 Å². The fourth-order valence-electron chi connectivity index (χ4n) is 5.41. The van der Waals surface area contributed by atoms with E-state index in [1.807, 2.05) is 0 Å². The maximum atomic E-state index is 3.97. The fourth-order valence-corrected chi connectivity index (χ4v) is 5.41. The summed E-state index contributed by atoms with van der Waals surface area (Å²) in [5, 5.41) is 0. The molecule has 2 aromatic rings. The van der Waals surface area contributed by atoms with Gasteiger partial charge in [-0.05, 0) is 110 Å². The predicted octanol–water partition coefficient (Wildman–Crippen LogP) is 8.41. The molecule has 0 unspecified atom stereocenters. The second-order valence-electron chi connectivity index (χ2n) is 8.80. The normalized spacial score (nSPS) is 13.8. The van der Waals surface area contributed by atoms with Crippen LogP contribution in [0, 0.1) is 13.8 Å². The summed E-state index contributed by atoms with van der Waals surface area (Å²) in [5.74, 6) is 0. The van der Waals surface area contributed by atoms with Crippen molar-refractivity contribution in [1.82, 2.24) is 0 Å². The molecule has 0 saturated carbocycles. The van der Waals surface area contributed by atoms with Crippen molar-refractivity contribution in [3.05, 3.63) is 83.0 Å². The summed E-state index contributed by atoms with van der Waals surface area (Å²) in [6.07, 6.45) is 13.3. The molecule has 0 saturated heterocycles. The molecular weight excluding hydrogens is 348 g/mol. The fraction of sp³-hybridized carbons (Fsp3) is 0.448. The van der Waals surface area contributed by atoms with E-state index in [2.05, 4.69) is 77.3 Å². The van der Waals surface area contributed by atoms with Crippen LogP contribution in [0.2, 0.25) is 0 Å². The molecule has 3 rings (SSSR count). The van der Waals surface area contributed by atoms with E-state index in [-0.39, 0.29) is 5.41 Å². The van der Waals surface area contributed by atoms with Crippen LogP contribution >= 0.6 is 0 Å². The zero-order chi connectivity index (χ0) is 21.0. The molecule has 1 aliphatic rings. The molecule has 0 N–H and O–H groups in total. The molecule has 0 radical (unpaired) electrons. The van der Waals surface area contributed by atoms with Gasteiger partial charge < -0.3 is 0 Å². The van der Waals surface area contributed by atoms with Crippen molar-refractivity contribution in [3.8, 4) is 11.1 Å². The Morgan fingerprint density at radius 2 is 1.14 bits per heavy atom. The lowest BCUT2D eigenvalue weighted by molar-refractivity contribution is 0.421. The highest BCUT2D eigenvalue weighted by Crippen LogP contribution is 2.55. The van der Waals surface area contributed by atoms with Crippen molar-refractivity contribution < 1.29 is 0 Å². The van der Waals surface area contributed by atoms with Gasteiger partial charge in [0, 0.05) is 5.41 Å². The molecule has 0 heteroatoms. The van der Waals surface area contributed by atoms with Gasteiger partial charge in [0.15, 0.2) is 0 Å². The number of unbranched alkanes of at least 4 members (excludes halogenated alkanes) is 2. The lowest BCUT2D eigenvalue weighted by Crippen LogP contribution is -2.26. The number of hydrogen-bond acceptors (Lipinski definition) is 0. The average molecular weight is 387 g/mol. The Kier molecular flexibility index (Phi) is 6.83. The molecule has 2 aromatic carbocycles. The van der Waals surface area contributed by atoms with Gasteiger partial charge in [-0.25, -0.2) is 0 Å². The largest absolute Gasteiger partial charge is 0.103 e. The van der Waals surface area contributed by atoms with Gasteiger partial charge in [0.05, 0.1) is 0 Å². The Hall–Kier alpha value is -2.08. The molecule has 154 valence electrons. The van der Waals surface area contributed by atoms with Gasteiger partial charge in [-0.3, -0.25) is 0 Å². The van der Waals surface area contributed by atoms with Crippen LogP contribution in [0.3, 0.4) is 0 Å². The highest BCUT2D eigenvalue weighted by atomic mass is 14.5. The first-order chi connectivity index (χ1) is 14.0. The maximum absolute atomic E-state index is 3.97. The zero-order valence-corrected chi connectivity index (χ0v) is 19.0. The van der Waals surface area contributed by atoms with Gasteiger partial charge in [0.25, 0.3) is 0 Å². The molecule has 0 aliphatic heterocycles. The molecule has 0 spiro atoms. The topological polar surface area (TPSA) is 0 Å². The number of rotatable bonds is 10. The van der Waals surface area contributed by atoms with E-state index in [1.165, 1.54) is 59.1 Å². The van der Waals surface area contributed by atoms with Gasteiger partial charge >= 0.3 is 0 Å². The van der Waals surface area contributed by atoms with E-state index >= 15 is 0 Å². The average Bonchev–Trinajstić information content (AvgIpc) is 2.95. The first kappa shape index (κ1) is 21.6. The Morgan fingerprint density at radius 1 is 0.724 bits per heavy atom. The van der Waals surface area contributed by atoms with Crippen molar-refractivity contribution >= 4 is 0 Å². The minimum atomic E-state index is 0.130. The van der Waals surface area contributed by atoms with Gasteiger partial charge in [0.1, 0.15) is 0 Å². The monoisotopic (exact) mass is 386 g/mol. The summed E-state index contributed by atoms with van der Waals surface area (Å²) in [7, 11) is 0. The molecule has 0 aromatic heterocycles. The number of benzene rings is 2. The SMILES string of the molecule is C=CCCCC1(CCCC=C)c2cc(C)c(CC)cc2-c2cc(CC)c(C)cc21. The third kappa shape index (κ3) is 3.87. The Bertz CT molecular complexity index is 821. The van der Waals surface area contributed by atoms with Gasteiger partial charge in [-0.1, -0.05) is 50.3 Å². The third-order valence-electron chi connectivity index (χ3n) is 7.06. The summed E-state index contributed by atoms with van der Waals surface area (Å²) >= 11 is 0. The Labute approximate surface area is 178 Å². The van der Waals surface area contributed by atoms with E-state index in [9.17, 15) is 0 Å². The molecule has 29 heavy (non-hydrogen) atoms. The van der Waals surface area contributed by atoms with Crippen molar-refractivity contribution in [2.75, 3.05) is 0 Å². The van der Waals surface area contributed by atoms with Crippen LogP contribution in [-0.2, 0) is 18.3 Å². The maximum Gasteiger partial charge on any atom is 0.0215 e. The number of fused-ring (bicyclic) bond motifs is 3. The lowest BCUT2D eigenvalue weighted by Gasteiger charge is -2.33. The van der Waals surface area contributed by atoms with E-state index in [0.717, 1.165) is 25.7 Å². The first-order valence-corrected chi connectivity index (χ1v) is 11.5. The van der Waals surface area contributed by atoms with E-state index in [0.29, 0.717) is 0 Å². The van der Waals surface area contributed by atoms with Gasteiger partial charge in [0.2, 0.25) is 0 Å². The van der Waals surface area contributed by atoms with Crippen LogP contribution in [0.1, 0.15) is 85.8 Å². The summed E-state index contributed by atoms with van der Waals surface area (Å²) < 4.78 is 0. The minimum Gasteiger partial charge on any atom is -0.103 e. The van der Waals surface area contributed by atoms with Crippen molar-refractivity contribution in [3.63, 3.8) is 0 Å². The molecule has 0 bridgehead atoms. The highest BCUT2D eigenvalue weighted by Gasteiger charge is 2.42. The van der Waals surface area contributed by atoms with Crippen LogP contribution in [0.25, 0.3) is 11.1 Å². The molecule has 0 atom stereocenters. The molecule has 1 aliphatic carbocycles. The molecule has 0 nitrogen and oxygen atoms in total. The summed E-state index contributed by atoms with van der Waals surface area (Å²) in [5.41, 5.74) is 12.1. The quantitative estimate of drug-likeness (QED) is 0.284. The van der Waals surface area contributed by atoms with Crippen LogP contribution in [0.15, 0.2) is 49.6 Å². The van der Waals surface area contributed by atoms with Crippen LogP contribution in [-0.4, -0.2) is 0 Å². The van der Waals surface area contributed by atoms with E-state index < -0.39 is 0 Å².